The van der Waals surface area contributed by atoms with Crippen LogP contribution in [-0.4, -0.2) is 23.1 Å². The van der Waals surface area contributed by atoms with Crippen LogP contribution in [0.15, 0.2) is 54.6 Å². The van der Waals surface area contributed by atoms with Crippen LogP contribution < -0.4 is 0 Å². The Kier molecular flexibility index (Phi) is 3.92. The van der Waals surface area contributed by atoms with Crippen molar-refractivity contribution in [2.75, 3.05) is 13.1 Å². The Morgan fingerprint density at radius 1 is 0.957 bits per heavy atom. The normalized spacial score (nSPS) is 21.6. The van der Waals surface area contributed by atoms with Gasteiger partial charge in [0.05, 0.1) is 0 Å². The third-order valence-corrected chi connectivity index (χ3v) is 5.26. The van der Waals surface area contributed by atoms with Gasteiger partial charge in [0.15, 0.2) is 0 Å². The molecule has 118 valence electrons. The number of aryl methyl sites for hydroxylation is 1. The summed E-state index contributed by atoms with van der Waals surface area (Å²) in [6, 6.07) is 17.1. The minimum Gasteiger partial charge on any atom is -0.508 e. The Balaban J connectivity index is 1.53. The molecule has 1 aliphatic heterocycles. The molecule has 2 heteroatoms. The summed E-state index contributed by atoms with van der Waals surface area (Å²) in [4.78, 5) is 2.63. The van der Waals surface area contributed by atoms with Gasteiger partial charge >= 0.3 is 0 Å². The predicted molar refractivity (Wildman–Crippen MR) is 94.4 cm³/mol. The lowest BCUT2D eigenvalue weighted by molar-refractivity contribution is 0.197. The summed E-state index contributed by atoms with van der Waals surface area (Å²) in [6.07, 6.45) is 7.26. The van der Waals surface area contributed by atoms with E-state index in [0.717, 1.165) is 19.5 Å². The summed E-state index contributed by atoms with van der Waals surface area (Å²) in [6.45, 7) is 2.14. The van der Waals surface area contributed by atoms with E-state index in [2.05, 4.69) is 35.2 Å². The van der Waals surface area contributed by atoms with Crippen molar-refractivity contribution in [2.45, 2.75) is 31.7 Å². The average molecular weight is 305 g/mol. The first-order chi connectivity index (χ1) is 11.3. The zero-order valence-corrected chi connectivity index (χ0v) is 13.4. The van der Waals surface area contributed by atoms with Crippen molar-refractivity contribution in [3.63, 3.8) is 0 Å². The van der Waals surface area contributed by atoms with Crippen LogP contribution in [0.25, 0.3) is 5.57 Å². The molecule has 0 radical (unpaired) electrons. The van der Waals surface area contributed by atoms with Crippen molar-refractivity contribution in [2.24, 2.45) is 0 Å². The van der Waals surface area contributed by atoms with Gasteiger partial charge in [0.25, 0.3) is 0 Å². The second kappa shape index (κ2) is 6.21. The number of rotatable bonds is 2. The molecule has 2 aliphatic rings. The Labute approximate surface area is 138 Å². The van der Waals surface area contributed by atoms with E-state index in [-0.39, 0.29) is 0 Å². The summed E-state index contributed by atoms with van der Waals surface area (Å²) in [5, 5.41) is 9.43. The molecular formula is C21H23NO. The van der Waals surface area contributed by atoms with Crippen LogP contribution >= 0.6 is 0 Å². The van der Waals surface area contributed by atoms with E-state index in [1.54, 1.807) is 17.7 Å². The van der Waals surface area contributed by atoms with Crippen molar-refractivity contribution in [1.82, 2.24) is 4.90 Å². The molecule has 4 rings (SSSR count). The lowest BCUT2D eigenvalue weighted by Gasteiger charge is -2.37. The fourth-order valence-corrected chi connectivity index (χ4v) is 4.01. The first-order valence-electron chi connectivity index (χ1n) is 8.61. The fraction of sp³-hybridized carbons (Fsp3) is 0.333. The van der Waals surface area contributed by atoms with Gasteiger partial charge in [-0.15, -0.1) is 0 Å². The standard InChI is InChI=1S/C21H23NO/c23-19-10-8-16(9-11-19)17-12-14-22(15-13-17)21-7-3-5-18-4-1-2-6-20(18)21/h1-2,4,6,8-12,21,23H,3,5,7,13-15H2. The highest BCUT2D eigenvalue weighted by Gasteiger charge is 2.26. The van der Waals surface area contributed by atoms with E-state index in [9.17, 15) is 5.11 Å². The number of phenols is 1. The average Bonchev–Trinajstić information content (AvgIpc) is 2.62. The number of hydrogen-bond acceptors (Lipinski definition) is 2. The van der Waals surface area contributed by atoms with Crippen molar-refractivity contribution in [1.29, 1.82) is 0 Å². The van der Waals surface area contributed by atoms with Crippen molar-refractivity contribution in [3.8, 4) is 5.75 Å². The van der Waals surface area contributed by atoms with Crippen LogP contribution in [0.5, 0.6) is 5.75 Å². The lowest BCUT2D eigenvalue weighted by Crippen LogP contribution is -2.34. The third kappa shape index (κ3) is 2.91. The summed E-state index contributed by atoms with van der Waals surface area (Å²) in [5.74, 6) is 0.339. The zero-order chi connectivity index (χ0) is 15.6. The maximum absolute atomic E-state index is 9.43. The van der Waals surface area contributed by atoms with Crippen molar-refractivity contribution in [3.05, 3.63) is 71.3 Å². The van der Waals surface area contributed by atoms with Crippen LogP contribution in [0.2, 0.25) is 0 Å². The quantitative estimate of drug-likeness (QED) is 0.879. The predicted octanol–water partition coefficient (Wildman–Crippen LogP) is 4.56. The van der Waals surface area contributed by atoms with E-state index in [1.165, 1.54) is 36.0 Å². The number of hydrogen-bond donors (Lipinski definition) is 1. The molecule has 2 nitrogen and oxygen atoms in total. The highest BCUT2D eigenvalue weighted by atomic mass is 16.3. The molecule has 0 saturated heterocycles. The maximum atomic E-state index is 9.43. The first-order valence-corrected chi connectivity index (χ1v) is 8.61. The van der Waals surface area contributed by atoms with Gasteiger partial charge in [0.2, 0.25) is 0 Å². The Hall–Kier alpha value is -2.06. The van der Waals surface area contributed by atoms with E-state index >= 15 is 0 Å². The molecule has 0 amide bonds. The van der Waals surface area contributed by atoms with Gasteiger partial charge in [0, 0.05) is 19.1 Å². The summed E-state index contributed by atoms with van der Waals surface area (Å²) in [7, 11) is 0. The third-order valence-electron chi connectivity index (χ3n) is 5.26. The smallest absolute Gasteiger partial charge is 0.115 e. The second-order valence-electron chi connectivity index (χ2n) is 6.63. The number of aromatic hydroxyl groups is 1. The van der Waals surface area contributed by atoms with Crippen LogP contribution in [0, 0.1) is 0 Å². The molecule has 23 heavy (non-hydrogen) atoms. The molecule has 0 spiro atoms. The Morgan fingerprint density at radius 2 is 1.78 bits per heavy atom. The van der Waals surface area contributed by atoms with Gasteiger partial charge < -0.3 is 5.11 Å². The molecule has 1 unspecified atom stereocenters. The largest absolute Gasteiger partial charge is 0.508 e. The SMILES string of the molecule is Oc1ccc(C2=CCN(C3CCCc4ccccc43)CC2)cc1. The molecule has 2 aromatic carbocycles. The van der Waals surface area contributed by atoms with E-state index in [1.807, 2.05) is 12.1 Å². The number of benzene rings is 2. The van der Waals surface area contributed by atoms with E-state index in [0.29, 0.717) is 11.8 Å². The minimum absolute atomic E-state index is 0.339. The van der Waals surface area contributed by atoms with Gasteiger partial charge in [-0.25, -0.2) is 0 Å². The molecule has 0 fully saturated rings. The zero-order valence-electron chi connectivity index (χ0n) is 13.4. The van der Waals surface area contributed by atoms with Crippen LogP contribution in [0.3, 0.4) is 0 Å². The Morgan fingerprint density at radius 3 is 2.57 bits per heavy atom. The second-order valence-corrected chi connectivity index (χ2v) is 6.63. The first kappa shape index (κ1) is 14.5. The van der Waals surface area contributed by atoms with E-state index < -0.39 is 0 Å². The molecule has 1 atom stereocenters. The summed E-state index contributed by atoms with van der Waals surface area (Å²) in [5.41, 5.74) is 5.73. The summed E-state index contributed by atoms with van der Waals surface area (Å²) >= 11 is 0. The van der Waals surface area contributed by atoms with Gasteiger partial charge in [-0.2, -0.15) is 0 Å². The van der Waals surface area contributed by atoms with Gasteiger partial charge in [-0.05, 0) is 60.1 Å². The van der Waals surface area contributed by atoms with Gasteiger partial charge in [-0.3, -0.25) is 4.90 Å². The van der Waals surface area contributed by atoms with Gasteiger partial charge in [-0.1, -0.05) is 42.5 Å². The number of nitrogens with zero attached hydrogens (tertiary/aromatic N) is 1. The molecule has 1 heterocycles. The molecular weight excluding hydrogens is 282 g/mol. The topological polar surface area (TPSA) is 23.5 Å². The molecule has 2 aromatic rings. The monoisotopic (exact) mass is 305 g/mol. The maximum Gasteiger partial charge on any atom is 0.115 e. The van der Waals surface area contributed by atoms with Gasteiger partial charge in [0.1, 0.15) is 5.75 Å². The molecule has 0 aromatic heterocycles. The van der Waals surface area contributed by atoms with Crippen LogP contribution in [0.1, 0.15) is 42.0 Å². The number of phenolic OH excluding ortho intramolecular Hbond substituents is 1. The van der Waals surface area contributed by atoms with Crippen molar-refractivity contribution < 1.29 is 5.11 Å². The number of fused-ring (bicyclic) bond motifs is 1. The highest BCUT2D eigenvalue weighted by Crippen LogP contribution is 2.36. The van der Waals surface area contributed by atoms with Crippen LogP contribution in [0.4, 0.5) is 0 Å². The molecule has 1 N–H and O–H groups in total. The van der Waals surface area contributed by atoms with E-state index in [4.69, 9.17) is 0 Å². The minimum atomic E-state index is 0.339. The summed E-state index contributed by atoms with van der Waals surface area (Å²) < 4.78 is 0. The lowest BCUT2D eigenvalue weighted by atomic mass is 9.86. The fourth-order valence-electron chi connectivity index (χ4n) is 4.01. The molecule has 1 aliphatic carbocycles. The Bertz CT molecular complexity index is 717. The van der Waals surface area contributed by atoms with Crippen LogP contribution in [-0.2, 0) is 6.42 Å². The molecule has 0 saturated carbocycles. The molecule has 0 bridgehead atoms. The van der Waals surface area contributed by atoms with Crippen molar-refractivity contribution >= 4 is 5.57 Å². The highest BCUT2D eigenvalue weighted by molar-refractivity contribution is 5.67.